The molecule has 2 aliphatic carbocycles. The summed E-state index contributed by atoms with van der Waals surface area (Å²) in [5.74, 6) is -3.74. The minimum Gasteiger partial charge on any atom is -0.363 e. The second-order valence-corrected chi connectivity index (χ2v) is 14.2. The monoisotopic (exact) mass is 559 g/mol. The number of amides is 5. The van der Waals surface area contributed by atoms with Crippen LogP contribution in [0.25, 0.3) is 0 Å². The van der Waals surface area contributed by atoms with Gasteiger partial charge in [-0.3, -0.25) is 19.2 Å². The van der Waals surface area contributed by atoms with Crippen LogP contribution in [-0.2, 0) is 19.2 Å². The molecule has 0 aromatic rings. The first-order chi connectivity index (χ1) is 16.8. The molecule has 0 aromatic heterocycles. The lowest BCUT2D eigenvalue weighted by Crippen LogP contribution is -2.62. The molecule has 37 heavy (non-hydrogen) atoms. The molecule has 0 spiro atoms. The summed E-state index contributed by atoms with van der Waals surface area (Å²) in [5, 5.41) is 8.22. The van der Waals surface area contributed by atoms with Gasteiger partial charge in [-0.1, -0.05) is 40.0 Å². The van der Waals surface area contributed by atoms with Crippen LogP contribution in [0.1, 0.15) is 67.2 Å². The van der Waals surface area contributed by atoms with Crippen LogP contribution in [0.4, 0.5) is 4.79 Å². The van der Waals surface area contributed by atoms with Crippen LogP contribution < -0.4 is 21.7 Å². The van der Waals surface area contributed by atoms with E-state index < -0.39 is 68.9 Å². The van der Waals surface area contributed by atoms with Crippen molar-refractivity contribution in [1.29, 1.82) is 0 Å². The Hall–Kier alpha value is -2.07. The number of nitrogens with two attached hydrogens (primary N) is 1. The minimum absolute atomic E-state index is 0.126. The molecule has 0 radical (unpaired) electrons. The Morgan fingerprint density at radius 1 is 1.03 bits per heavy atom. The molecule has 1 heterocycles. The highest BCUT2D eigenvalue weighted by Gasteiger charge is 2.74. The average molecular weight is 561 g/mol. The van der Waals surface area contributed by atoms with E-state index in [1.165, 1.54) is 4.90 Å². The van der Waals surface area contributed by atoms with E-state index in [1.54, 1.807) is 0 Å². The quantitative estimate of drug-likeness (QED) is 0.264. The molecular formula is C25H39Cl2N5O5. The summed E-state index contributed by atoms with van der Waals surface area (Å²) in [6.45, 7) is 11.0. The number of alkyl halides is 2. The first-order valence-electron chi connectivity index (χ1n) is 12.8. The molecule has 2 saturated carbocycles. The number of carbonyl (C=O) groups is 5. The summed E-state index contributed by atoms with van der Waals surface area (Å²) in [6.07, 6.45) is 3.13. The Labute approximate surface area is 228 Å². The van der Waals surface area contributed by atoms with Crippen molar-refractivity contribution in [1.82, 2.24) is 20.9 Å². The summed E-state index contributed by atoms with van der Waals surface area (Å²) in [5.41, 5.74) is 4.03. The number of piperidine rings is 1. The van der Waals surface area contributed by atoms with Gasteiger partial charge < -0.3 is 26.6 Å². The zero-order chi connectivity index (χ0) is 28.1. The summed E-state index contributed by atoms with van der Waals surface area (Å²) in [6, 6.07) is -3.61. The average Bonchev–Trinajstić information content (AvgIpc) is 3.06. The molecule has 3 aliphatic rings. The number of ketones is 1. The van der Waals surface area contributed by atoms with Gasteiger partial charge in [-0.25, -0.2) is 4.79 Å². The van der Waals surface area contributed by atoms with Gasteiger partial charge in [-0.2, -0.15) is 0 Å². The van der Waals surface area contributed by atoms with Crippen molar-refractivity contribution in [2.75, 3.05) is 6.54 Å². The van der Waals surface area contributed by atoms with Crippen molar-refractivity contribution in [2.24, 2.45) is 28.9 Å². The summed E-state index contributed by atoms with van der Waals surface area (Å²) in [7, 11) is 0. The highest BCUT2D eigenvalue weighted by Crippen LogP contribution is 2.65. The van der Waals surface area contributed by atoms with E-state index >= 15 is 0 Å². The summed E-state index contributed by atoms with van der Waals surface area (Å²) in [4.78, 5) is 65.6. The predicted molar refractivity (Wildman–Crippen MR) is 140 cm³/mol. The largest absolute Gasteiger partial charge is 0.363 e. The number of hydrogen-bond acceptors (Lipinski definition) is 5. The number of nitrogens with one attached hydrogen (secondary N) is 3. The van der Waals surface area contributed by atoms with Crippen LogP contribution >= 0.6 is 23.2 Å². The number of Topliss-reactive ketones (excluding diaryl/α,β-unsaturated/α-hetero) is 1. The third kappa shape index (κ3) is 6.50. The Morgan fingerprint density at radius 3 is 2.08 bits per heavy atom. The molecule has 1 unspecified atom stereocenters. The van der Waals surface area contributed by atoms with Crippen LogP contribution in [0.2, 0.25) is 0 Å². The zero-order valence-corrected chi connectivity index (χ0v) is 23.8. The number of halogens is 2. The fraction of sp³-hybridized carbons (Fsp3) is 0.800. The van der Waals surface area contributed by atoms with Crippen molar-refractivity contribution in [3.8, 4) is 0 Å². The number of nitrogens with zero attached hydrogens (tertiary/aromatic N) is 1. The molecular weight excluding hydrogens is 521 g/mol. The number of urea groups is 1. The summed E-state index contributed by atoms with van der Waals surface area (Å²) < 4.78 is -1.19. The predicted octanol–water partition coefficient (Wildman–Crippen LogP) is 1.86. The van der Waals surface area contributed by atoms with E-state index in [2.05, 4.69) is 16.0 Å². The normalized spacial score (nSPS) is 26.3. The minimum atomic E-state index is -1.19. The fourth-order valence-electron chi connectivity index (χ4n) is 5.18. The van der Waals surface area contributed by atoms with Gasteiger partial charge in [0.05, 0.1) is 6.04 Å². The van der Waals surface area contributed by atoms with E-state index in [-0.39, 0.29) is 18.4 Å². The molecule has 208 valence electrons. The van der Waals surface area contributed by atoms with Gasteiger partial charge in [0.15, 0.2) is 0 Å². The number of primary amides is 1. The van der Waals surface area contributed by atoms with Crippen LogP contribution in [-0.4, -0.2) is 69.0 Å². The smallest absolute Gasteiger partial charge is 0.315 e. The molecule has 5 N–H and O–H groups in total. The Balaban J connectivity index is 1.83. The van der Waals surface area contributed by atoms with Gasteiger partial charge in [-0.15, -0.1) is 23.2 Å². The van der Waals surface area contributed by atoms with E-state index in [0.29, 0.717) is 6.42 Å². The van der Waals surface area contributed by atoms with E-state index in [9.17, 15) is 24.0 Å². The first kappa shape index (κ1) is 29.5. The van der Waals surface area contributed by atoms with Crippen molar-refractivity contribution in [3.05, 3.63) is 0 Å². The van der Waals surface area contributed by atoms with Gasteiger partial charge in [0.1, 0.15) is 16.4 Å². The van der Waals surface area contributed by atoms with Crippen molar-refractivity contribution in [2.45, 2.75) is 95.2 Å². The van der Waals surface area contributed by atoms with E-state index in [1.807, 2.05) is 41.5 Å². The SMILES string of the molecule is CC(C)(C)NC(=O)N[C@H](C(=O)N1C[C@H]2[C@@H]([C@H]1C(=O)NC(CC1CCC1)C(=O)C(N)=O)C2(Cl)Cl)C(C)(C)C. The van der Waals surface area contributed by atoms with Crippen molar-refractivity contribution < 1.29 is 24.0 Å². The van der Waals surface area contributed by atoms with Crippen molar-refractivity contribution >= 4 is 52.7 Å². The van der Waals surface area contributed by atoms with E-state index in [4.69, 9.17) is 28.9 Å². The third-order valence-electron chi connectivity index (χ3n) is 7.43. The number of hydrogen-bond donors (Lipinski definition) is 4. The Bertz CT molecular complexity index is 969. The molecule has 3 fully saturated rings. The van der Waals surface area contributed by atoms with Crippen LogP contribution in [0.15, 0.2) is 0 Å². The lowest BCUT2D eigenvalue weighted by molar-refractivity contribution is -0.144. The second kappa shape index (κ2) is 10.2. The number of rotatable bonds is 8. The van der Waals surface area contributed by atoms with Crippen LogP contribution in [0.3, 0.4) is 0 Å². The molecule has 0 aromatic carbocycles. The Morgan fingerprint density at radius 2 is 1.62 bits per heavy atom. The van der Waals surface area contributed by atoms with Crippen LogP contribution in [0.5, 0.6) is 0 Å². The molecule has 3 rings (SSSR count). The molecule has 5 atom stereocenters. The maximum atomic E-state index is 13.8. The highest BCUT2D eigenvalue weighted by molar-refractivity contribution is 6.51. The van der Waals surface area contributed by atoms with Crippen molar-refractivity contribution in [3.63, 3.8) is 0 Å². The maximum absolute atomic E-state index is 13.8. The lowest BCUT2D eigenvalue weighted by Gasteiger charge is -2.38. The lowest BCUT2D eigenvalue weighted by atomic mass is 9.80. The number of fused-ring (bicyclic) bond motifs is 1. The van der Waals surface area contributed by atoms with E-state index in [0.717, 1.165) is 19.3 Å². The molecule has 5 amide bonds. The molecule has 1 saturated heterocycles. The molecule has 10 nitrogen and oxygen atoms in total. The maximum Gasteiger partial charge on any atom is 0.315 e. The summed E-state index contributed by atoms with van der Waals surface area (Å²) >= 11 is 12.9. The third-order valence-corrected chi connectivity index (χ3v) is 8.50. The number of carbonyl (C=O) groups excluding carboxylic acids is 5. The topological polar surface area (TPSA) is 151 Å². The molecule has 0 bridgehead atoms. The number of likely N-dealkylation sites (tertiary alicyclic amines) is 1. The van der Waals surface area contributed by atoms with Gasteiger partial charge in [0.25, 0.3) is 5.91 Å². The Kier molecular flexibility index (Phi) is 8.16. The fourth-order valence-corrected chi connectivity index (χ4v) is 6.00. The second-order valence-electron chi connectivity index (χ2n) is 12.7. The zero-order valence-electron chi connectivity index (χ0n) is 22.3. The highest BCUT2D eigenvalue weighted by atomic mass is 35.5. The molecule has 12 heteroatoms. The van der Waals surface area contributed by atoms with Crippen LogP contribution in [0, 0.1) is 23.2 Å². The van der Waals surface area contributed by atoms with Gasteiger partial charge in [0.2, 0.25) is 17.6 Å². The van der Waals surface area contributed by atoms with Gasteiger partial charge in [0, 0.05) is 23.9 Å². The van der Waals surface area contributed by atoms with Gasteiger partial charge in [-0.05, 0) is 38.5 Å². The standard InChI is InChI=1S/C25H39Cl2N5O5/c1-23(2,3)18(30-22(37)31-24(4,5)6)21(36)32-11-13-15(25(13,26)27)16(32)20(35)29-14(17(33)19(28)34)10-12-8-7-9-12/h12-16,18H,7-11H2,1-6H3,(H2,28,34)(H,29,35)(H2,30,31,37)/t13-,14?,15-,16-,18+/m0/s1. The first-order valence-corrected chi connectivity index (χ1v) is 13.5. The van der Waals surface area contributed by atoms with Gasteiger partial charge >= 0.3 is 6.03 Å². The molecule has 1 aliphatic heterocycles.